The van der Waals surface area contributed by atoms with E-state index in [0.29, 0.717) is 0 Å². The standard InChI is InChI=1S/C17H18O2/c1-18-14-8-9-16(19-2)15(12-14)17(10-11-17)13-6-4-3-5-7-13/h3-9,12H,10-11H2,1-2H3. The van der Waals surface area contributed by atoms with E-state index in [1.54, 1.807) is 14.2 Å². The van der Waals surface area contributed by atoms with E-state index in [4.69, 9.17) is 9.47 Å². The van der Waals surface area contributed by atoms with Crippen molar-refractivity contribution in [3.8, 4) is 11.5 Å². The molecule has 3 rings (SSSR count). The number of benzene rings is 2. The average Bonchev–Trinajstić information content (AvgIpc) is 3.29. The van der Waals surface area contributed by atoms with Gasteiger partial charge in [-0.15, -0.1) is 0 Å². The van der Waals surface area contributed by atoms with Crippen LogP contribution in [0.4, 0.5) is 0 Å². The fourth-order valence-corrected chi connectivity index (χ4v) is 2.78. The number of methoxy groups -OCH3 is 2. The molecule has 0 aliphatic heterocycles. The Morgan fingerprint density at radius 2 is 1.63 bits per heavy atom. The number of hydrogen-bond donors (Lipinski definition) is 0. The molecular weight excluding hydrogens is 236 g/mol. The monoisotopic (exact) mass is 254 g/mol. The molecule has 2 aromatic carbocycles. The van der Waals surface area contributed by atoms with Crippen LogP contribution in [0.1, 0.15) is 24.0 Å². The largest absolute Gasteiger partial charge is 0.497 e. The van der Waals surface area contributed by atoms with E-state index in [1.807, 2.05) is 12.1 Å². The van der Waals surface area contributed by atoms with E-state index < -0.39 is 0 Å². The molecule has 19 heavy (non-hydrogen) atoms. The van der Waals surface area contributed by atoms with Crippen molar-refractivity contribution in [2.45, 2.75) is 18.3 Å². The van der Waals surface area contributed by atoms with Crippen LogP contribution in [-0.4, -0.2) is 14.2 Å². The summed E-state index contributed by atoms with van der Waals surface area (Å²) < 4.78 is 10.9. The highest BCUT2D eigenvalue weighted by atomic mass is 16.5. The first-order chi connectivity index (χ1) is 9.30. The molecule has 0 spiro atoms. The number of rotatable bonds is 4. The van der Waals surface area contributed by atoms with E-state index >= 15 is 0 Å². The Balaban J connectivity index is 2.11. The van der Waals surface area contributed by atoms with Gasteiger partial charge in [-0.05, 0) is 36.6 Å². The van der Waals surface area contributed by atoms with Crippen LogP contribution in [0.15, 0.2) is 48.5 Å². The number of hydrogen-bond acceptors (Lipinski definition) is 2. The lowest BCUT2D eigenvalue weighted by Gasteiger charge is -2.20. The zero-order valence-electron chi connectivity index (χ0n) is 11.3. The summed E-state index contributed by atoms with van der Waals surface area (Å²) in [6.07, 6.45) is 2.33. The van der Waals surface area contributed by atoms with Crippen LogP contribution in [-0.2, 0) is 5.41 Å². The van der Waals surface area contributed by atoms with Gasteiger partial charge in [0.25, 0.3) is 0 Å². The molecule has 2 aromatic rings. The quantitative estimate of drug-likeness (QED) is 0.826. The van der Waals surface area contributed by atoms with Gasteiger partial charge in [0.1, 0.15) is 11.5 Å². The van der Waals surface area contributed by atoms with Crippen molar-refractivity contribution in [2.24, 2.45) is 0 Å². The maximum Gasteiger partial charge on any atom is 0.123 e. The molecule has 0 aromatic heterocycles. The van der Waals surface area contributed by atoms with Gasteiger partial charge in [0.05, 0.1) is 14.2 Å². The van der Waals surface area contributed by atoms with Crippen molar-refractivity contribution in [1.29, 1.82) is 0 Å². The molecule has 2 heteroatoms. The Labute approximate surface area is 114 Å². The summed E-state index contributed by atoms with van der Waals surface area (Å²) in [5, 5.41) is 0. The minimum atomic E-state index is 0.112. The van der Waals surface area contributed by atoms with Crippen molar-refractivity contribution >= 4 is 0 Å². The van der Waals surface area contributed by atoms with E-state index in [0.717, 1.165) is 11.5 Å². The van der Waals surface area contributed by atoms with Crippen LogP contribution in [0.2, 0.25) is 0 Å². The Hall–Kier alpha value is -1.96. The van der Waals surface area contributed by atoms with Gasteiger partial charge >= 0.3 is 0 Å². The summed E-state index contributed by atoms with van der Waals surface area (Å²) in [5.74, 6) is 1.83. The van der Waals surface area contributed by atoms with Gasteiger partial charge in [0.15, 0.2) is 0 Å². The van der Waals surface area contributed by atoms with Gasteiger partial charge in [0, 0.05) is 11.0 Å². The zero-order chi connectivity index (χ0) is 13.3. The Kier molecular flexibility index (Phi) is 2.94. The minimum absolute atomic E-state index is 0.112. The zero-order valence-corrected chi connectivity index (χ0v) is 11.3. The molecule has 0 bridgehead atoms. The number of ether oxygens (including phenoxy) is 2. The van der Waals surface area contributed by atoms with Crippen LogP contribution >= 0.6 is 0 Å². The topological polar surface area (TPSA) is 18.5 Å². The molecule has 1 aliphatic rings. The first-order valence-corrected chi connectivity index (χ1v) is 6.58. The predicted octanol–water partition coefficient (Wildman–Crippen LogP) is 3.78. The van der Waals surface area contributed by atoms with Crippen LogP contribution in [0.25, 0.3) is 0 Å². The van der Waals surface area contributed by atoms with Crippen molar-refractivity contribution in [3.05, 3.63) is 59.7 Å². The molecule has 1 aliphatic carbocycles. The van der Waals surface area contributed by atoms with Crippen LogP contribution in [0.3, 0.4) is 0 Å². The lowest BCUT2D eigenvalue weighted by molar-refractivity contribution is 0.396. The second-order valence-corrected chi connectivity index (χ2v) is 5.01. The second-order valence-electron chi connectivity index (χ2n) is 5.01. The fourth-order valence-electron chi connectivity index (χ4n) is 2.78. The third-order valence-corrected chi connectivity index (χ3v) is 4.00. The molecule has 0 atom stereocenters. The summed E-state index contributed by atoms with van der Waals surface area (Å²) >= 11 is 0. The van der Waals surface area contributed by atoms with E-state index in [-0.39, 0.29) is 5.41 Å². The van der Waals surface area contributed by atoms with Gasteiger partial charge in [-0.1, -0.05) is 30.3 Å². The summed E-state index contributed by atoms with van der Waals surface area (Å²) in [4.78, 5) is 0. The molecule has 0 saturated heterocycles. The lowest BCUT2D eigenvalue weighted by Crippen LogP contribution is -2.10. The Morgan fingerprint density at radius 1 is 0.895 bits per heavy atom. The van der Waals surface area contributed by atoms with Crippen molar-refractivity contribution in [1.82, 2.24) is 0 Å². The Bertz CT molecular complexity index is 571. The van der Waals surface area contributed by atoms with Gasteiger partial charge in [-0.2, -0.15) is 0 Å². The third kappa shape index (κ3) is 1.97. The molecule has 2 nitrogen and oxygen atoms in total. The fraction of sp³-hybridized carbons (Fsp3) is 0.294. The molecule has 1 fully saturated rings. The van der Waals surface area contributed by atoms with E-state index in [1.165, 1.54) is 24.0 Å². The lowest BCUT2D eigenvalue weighted by atomic mass is 9.87. The molecule has 98 valence electrons. The van der Waals surface area contributed by atoms with Crippen molar-refractivity contribution < 1.29 is 9.47 Å². The van der Waals surface area contributed by atoms with Gasteiger partial charge in [0.2, 0.25) is 0 Å². The molecule has 0 amide bonds. The normalized spacial score (nSPS) is 15.9. The SMILES string of the molecule is COc1ccc(OC)c(C2(c3ccccc3)CC2)c1. The van der Waals surface area contributed by atoms with Crippen LogP contribution < -0.4 is 9.47 Å². The van der Waals surface area contributed by atoms with Crippen LogP contribution in [0, 0.1) is 0 Å². The first-order valence-electron chi connectivity index (χ1n) is 6.58. The molecule has 0 unspecified atom stereocenters. The summed E-state index contributed by atoms with van der Waals surface area (Å²) in [7, 11) is 3.43. The smallest absolute Gasteiger partial charge is 0.123 e. The summed E-state index contributed by atoms with van der Waals surface area (Å²) in [6.45, 7) is 0. The minimum Gasteiger partial charge on any atom is -0.497 e. The molecule has 0 radical (unpaired) electrons. The highest BCUT2D eigenvalue weighted by Gasteiger charge is 2.47. The highest BCUT2D eigenvalue weighted by Crippen LogP contribution is 2.56. The van der Waals surface area contributed by atoms with Gasteiger partial charge in [-0.3, -0.25) is 0 Å². The van der Waals surface area contributed by atoms with Gasteiger partial charge < -0.3 is 9.47 Å². The maximum absolute atomic E-state index is 5.54. The summed E-state index contributed by atoms with van der Waals surface area (Å²) in [5.41, 5.74) is 2.71. The third-order valence-electron chi connectivity index (χ3n) is 4.00. The second kappa shape index (κ2) is 4.61. The molecule has 0 N–H and O–H groups in total. The van der Waals surface area contributed by atoms with E-state index in [2.05, 4.69) is 36.4 Å². The highest BCUT2D eigenvalue weighted by molar-refractivity contribution is 5.54. The van der Waals surface area contributed by atoms with Crippen LogP contribution in [0.5, 0.6) is 11.5 Å². The van der Waals surface area contributed by atoms with Gasteiger partial charge in [-0.25, -0.2) is 0 Å². The summed E-state index contributed by atoms with van der Waals surface area (Å²) in [6, 6.07) is 16.7. The average molecular weight is 254 g/mol. The van der Waals surface area contributed by atoms with Crippen molar-refractivity contribution in [2.75, 3.05) is 14.2 Å². The van der Waals surface area contributed by atoms with E-state index in [9.17, 15) is 0 Å². The first kappa shape index (κ1) is 12.1. The maximum atomic E-state index is 5.54. The predicted molar refractivity (Wildman–Crippen MR) is 76.0 cm³/mol. The molecule has 0 heterocycles. The Morgan fingerprint density at radius 3 is 2.21 bits per heavy atom. The molecule has 1 saturated carbocycles. The van der Waals surface area contributed by atoms with Crippen molar-refractivity contribution in [3.63, 3.8) is 0 Å². The molecular formula is C17H18O2.